The van der Waals surface area contributed by atoms with Crippen LogP contribution >= 0.6 is 11.3 Å². The average molecular weight is 341 g/mol. The molecule has 0 aliphatic heterocycles. The molecule has 3 N–H and O–H groups in total. The van der Waals surface area contributed by atoms with Crippen LogP contribution in [0.4, 0.5) is 5.13 Å². The lowest BCUT2D eigenvalue weighted by Gasteiger charge is -2.11. The molecular formula is C15H23N3O4S. The van der Waals surface area contributed by atoms with E-state index in [-0.39, 0.29) is 30.7 Å². The molecule has 0 aliphatic rings. The molecule has 1 rings (SSSR count). The van der Waals surface area contributed by atoms with Crippen LogP contribution in [0.3, 0.4) is 0 Å². The van der Waals surface area contributed by atoms with Crippen LogP contribution in [0, 0.1) is 11.8 Å². The Kier molecular flexibility index (Phi) is 7.67. The van der Waals surface area contributed by atoms with Gasteiger partial charge in [-0.3, -0.25) is 14.4 Å². The number of hydrogen-bond acceptors (Lipinski definition) is 5. The summed E-state index contributed by atoms with van der Waals surface area (Å²) in [6, 6.07) is 0. The molecule has 1 aromatic heterocycles. The molecule has 0 aromatic carbocycles. The van der Waals surface area contributed by atoms with E-state index in [2.05, 4.69) is 15.6 Å². The zero-order valence-corrected chi connectivity index (χ0v) is 14.4. The SMILES string of the molecule is CCCC(CNC(=O)Cc1csc(NC(=O)C(C)C)n1)C(=O)O. The monoisotopic (exact) mass is 341 g/mol. The molecule has 1 heterocycles. The number of aromatic nitrogens is 1. The van der Waals surface area contributed by atoms with Crippen molar-refractivity contribution in [2.24, 2.45) is 11.8 Å². The Morgan fingerprint density at radius 1 is 1.35 bits per heavy atom. The molecular weight excluding hydrogens is 318 g/mol. The van der Waals surface area contributed by atoms with E-state index < -0.39 is 11.9 Å². The molecule has 0 saturated heterocycles. The number of carbonyl (C=O) groups is 3. The fourth-order valence-corrected chi connectivity index (χ4v) is 2.53. The Balaban J connectivity index is 2.47. The van der Waals surface area contributed by atoms with E-state index in [4.69, 9.17) is 5.11 Å². The van der Waals surface area contributed by atoms with Crippen LogP contribution < -0.4 is 10.6 Å². The quantitative estimate of drug-likeness (QED) is 0.636. The lowest BCUT2D eigenvalue weighted by Crippen LogP contribution is -2.33. The number of nitrogens with zero attached hydrogens (tertiary/aromatic N) is 1. The topological polar surface area (TPSA) is 108 Å². The summed E-state index contributed by atoms with van der Waals surface area (Å²) in [4.78, 5) is 38.6. The molecule has 0 bridgehead atoms. The largest absolute Gasteiger partial charge is 0.481 e. The normalized spacial score (nSPS) is 12.0. The van der Waals surface area contributed by atoms with Gasteiger partial charge in [0.2, 0.25) is 11.8 Å². The molecule has 8 heteroatoms. The Morgan fingerprint density at radius 3 is 2.61 bits per heavy atom. The summed E-state index contributed by atoms with van der Waals surface area (Å²) in [6.45, 7) is 5.59. The minimum atomic E-state index is -0.903. The molecule has 1 atom stereocenters. The summed E-state index contributed by atoms with van der Waals surface area (Å²) in [7, 11) is 0. The minimum Gasteiger partial charge on any atom is -0.481 e. The van der Waals surface area contributed by atoms with E-state index in [9.17, 15) is 14.4 Å². The Labute approximate surface area is 139 Å². The maximum absolute atomic E-state index is 11.9. The number of anilines is 1. The van der Waals surface area contributed by atoms with E-state index in [0.717, 1.165) is 6.42 Å². The number of amides is 2. The first-order chi connectivity index (χ1) is 10.8. The molecule has 128 valence electrons. The van der Waals surface area contributed by atoms with Gasteiger partial charge in [0, 0.05) is 17.8 Å². The van der Waals surface area contributed by atoms with Gasteiger partial charge in [0.15, 0.2) is 5.13 Å². The van der Waals surface area contributed by atoms with E-state index in [1.165, 1.54) is 11.3 Å². The summed E-state index contributed by atoms with van der Waals surface area (Å²) >= 11 is 1.26. The molecule has 0 saturated carbocycles. The van der Waals surface area contributed by atoms with Crippen molar-refractivity contribution in [1.29, 1.82) is 0 Å². The smallest absolute Gasteiger partial charge is 0.308 e. The average Bonchev–Trinajstić information content (AvgIpc) is 2.89. The number of hydrogen-bond donors (Lipinski definition) is 3. The molecule has 0 fully saturated rings. The Hall–Kier alpha value is -1.96. The van der Waals surface area contributed by atoms with Crippen molar-refractivity contribution in [2.75, 3.05) is 11.9 Å². The van der Waals surface area contributed by atoms with E-state index in [1.54, 1.807) is 19.2 Å². The second-order valence-corrected chi connectivity index (χ2v) is 6.45. The van der Waals surface area contributed by atoms with Gasteiger partial charge in [-0.25, -0.2) is 4.98 Å². The first kappa shape index (κ1) is 19.1. The molecule has 0 aliphatic carbocycles. The standard InChI is InChI=1S/C15H23N3O4S/c1-4-5-10(14(21)22)7-16-12(19)6-11-8-23-15(17-11)18-13(20)9(2)3/h8-10H,4-7H2,1-3H3,(H,16,19)(H,21,22)(H,17,18,20). The first-order valence-corrected chi connectivity index (χ1v) is 8.46. The van der Waals surface area contributed by atoms with Gasteiger partial charge in [0.1, 0.15) is 0 Å². The van der Waals surface area contributed by atoms with Crippen molar-refractivity contribution in [1.82, 2.24) is 10.3 Å². The van der Waals surface area contributed by atoms with Gasteiger partial charge in [-0.2, -0.15) is 0 Å². The molecule has 0 spiro atoms. The zero-order chi connectivity index (χ0) is 17.4. The Morgan fingerprint density at radius 2 is 2.04 bits per heavy atom. The maximum atomic E-state index is 11.9. The van der Waals surface area contributed by atoms with Gasteiger partial charge in [-0.05, 0) is 6.42 Å². The number of thiazole rings is 1. The van der Waals surface area contributed by atoms with Gasteiger partial charge in [-0.15, -0.1) is 11.3 Å². The van der Waals surface area contributed by atoms with Crippen molar-refractivity contribution in [3.63, 3.8) is 0 Å². The first-order valence-electron chi connectivity index (χ1n) is 7.58. The predicted octanol–water partition coefficient (Wildman–Crippen LogP) is 1.90. The van der Waals surface area contributed by atoms with Crippen LogP contribution in [0.25, 0.3) is 0 Å². The number of rotatable bonds is 9. The highest BCUT2D eigenvalue weighted by molar-refractivity contribution is 7.13. The number of carboxylic acids is 1. The predicted molar refractivity (Wildman–Crippen MR) is 88.3 cm³/mol. The molecule has 0 radical (unpaired) electrons. The highest BCUT2D eigenvalue weighted by Gasteiger charge is 2.18. The Bertz CT molecular complexity index is 557. The minimum absolute atomic E-state index is 0.0620. The van der Waals surface area contributed by atoms with Crippen LogP contribution in [-0.4, -0.2) is 34.4 Å². The summed E-state index contributed by atoms with van der Waals surface area (Å²) in [5.41, 5.74) is 0.550. The van der Waals surface area contributed by atoms with Gasteiger partial charge in [-0.1, -0.05) is 27.2 Å². The molecule has 7 nitrogen and oxygen atoms in total. The maximum Gasteiger partial charge on any atom is 0.308 e. The summed E-state index contributed by atoms with van der Waals surface area (Å²) in [5, 5.41) is 16.5. The number of nitrogens with one attached hydrogen (secondary N) is 2. The van der Waals surface area contributed by atoms with Crippen LogP contribution in [-0.2, 0) is 20.8 Å². The fraction of sp³-hybridized carbons (Fsp3) is 0.600. The van der Waals surface area contributed by atoms with Gasteiger partial charge in [0.25, 0.3) is 0 Å². The molecule has 2 amide bonds. The van der Waals surface area contributed by atoms with Crippen molar-refractivity contribution < 1.29 is 19.5 Å². The van der Waals surface area contributed by atoms with Crippen molar-refractivity contribution in [3.05, 3.63) is 11.1 Å². The lowest BCUT2D eigenvalue weighted by molar-refractivity contribution is -0.142. The highest BCUT2D eigenvalue weighted by atomic mass is 32.1. The van der Waals surface area contributed by atoms with Gasteiger partial charge in [0.05, 0.1) is 18.0 Å². The molecule has 1 unspecified atom stereocenters. The second-order valence-electron chi connectivity index (χ2n) is 5.59. The fourth-order valence-electron chi connectivity index (χ4n) is 1.82. The third kappa shape index (κ3) is 6.77. The van der Waals surface area contributed by atoms with Crippen molar-refractivity contribution >= 4 is 34.3 Å². The molecule has 1 aromatic rings. The summed E-state index contributed by atoms with van der Waals surface area (Å²) in [6.07, 6.45) is 1.34. The van der Waals surface area contributed by atoms with Crippen molar-refractivity contribution in [3.8, 4) is 0 Å². The van der Waals surface area contributed by atoms with Gasteiger partial charge < -0.3 is 15.7 Å². The van der Waals surface area contributed by atoms with E-state index in [0.29, 0.717) is 17.2 Å². The third-order valence-electron chi connectivity index (χ3n) is 3.18. The number of carboxylic acid groups (broad SMARTS) is 1. The van der Waals surface area contributed by atoms with Crippen LogP contribution in [0.5, 0.6) is 0 Å². The summed E-state index contributed by atoms with van der Waals surface area (Å²) < 4.78 is 0. The van der Waals surface area contributed by atoms with E-state index >= 15 is 0 Å². The molecule has 23 heavy (non-hydrogen) atoms. The van der Waals surface area contributed by atoms with Crippen molar-refractivity contribution in [2.45, 2.75) is 40.0 Å². The van der Waals surface area contributed by atoms with Crippen LogP contribution in [0.2, 0.25) is 0 Å². The number of carbonyl (C=O) groups excluding carboxylic acids is 2. The zero-order valence-electron chi connectivity index (χ0n) is 13.6. The second kappa shape index (κ2) is 9.24. The van der Waals surface area contributed by atoms with E-state index in [1.807, 2.05) is 6.92 Å². The van der Waals surface area contributed by atoms with Gasteiger partial charge >= 0.3 is 5.97 Å². The third-order valence-corrected chi connectivity index (χ3v) is 3.99. The number of aliphatic carboxylic acids is 1. The summed E-state index contributed by atoms with van der Waals surface area (Å²) in [5.74, 6) is -2.02. The van der Waals surface area contributed by atoms with Crippen LogP contribution in [0.1, 0.15) is 39.3 Å². The lowest BCUT2D eigenvalue weighted by atomic mass is 10.0. The highest BCUT2D eigenvalue weighted by Crippen LogP contribution is 2.16. The van der Waals surface area contributed by atoms with Crippen LogP contribution in [0.15, 0.2) is 5.38 Å².